The van der Waals surface area contributed by atoms with Gasteiger partial charge in [0.15, 0.2) is 0 Å². The van der Waals surface area contributed by atoms with E-state index in [2.05, 4.69) is 5.16 Å². The molecule has 0 saturated carbocycles. The molecule has 0 radical (unpaired) electrons. The maximum atomic E-state index is 13.3. The molecular formula is C24H27FN2O3. The van der Waals surface area contributed by atoms with Gasteiger partial charge in [-0.2, -0.15) is 0 Å². The molecule has 158 valence electrons. The van der Waals surface area contributed by atoms with E-state index in [1.54, 1.807) is 6.07 Å². The number of aliphatic hydroxyl groups excluding tert-OH is 1. The third kappa shape index (κ3) is 5.05. The fourth-order valence-corrected chi connectivity index (χ4v) is 4.28. The van der Waals surface area contributed by atoms with E-state index >= 15 is 0 Å². The average molecular weight is 410 g/mol. The normalized spacial score (nSPS) is 20.5. The van der Waals surface area contributed by atoms with Crippen LogP contribution >= 0.6 is 0 Å². The predicted octanol–water partition coefficient (Wildman–Crippen LogP) is 3.36. The first-order valence-electron chi connectivity index (χ1n) is 10.6. The molecule has 2 aliphatic rings. The summed E-state index contributed by atoms with van der Waals surface area (Å²) in [6.45, 7) is 1.24. The molecule has 5 nitrogen and oxygen atoms in total. The van der Waals surface area contributed by atoms with E-state index in [1.807, 2.05) is 41.3 Å². The van der Waals surface area contributed by atoms with Crippen LogP contribution in [0.2, 0.25) is 0 Å². The summed E-state index contributed by atoms with van der Waals surface area (Å²) in [7, 11) is 0. The fourth-order valence-electron chi connectivity index (χ4n) is 4.28. The standard InChI is InChI=1S/C24H27FN2O3/c25-20-8-4-7-18(13-20)14-21-16-23(30-26-21)24(29)27-11-9-19(10-12-27)22(28)15-17-5-2-1-3-6-17/h1-8,13,19,22-23,28H,9-12,14-16H2. The summed E-state index contributed by atoms with van der Waals surface area (Å²) in [5.41, 5.74) is 2.71. The lowest BCUT2D eigenvalue weighted by molar-refractivity contribution is -0.144. The van der Waals surface area contributed by atoms with Crippen molar-refractivity contribution in [3.05, 3.63) is 71.5 Å². The maximum Gasteiger partial charge on any atom is 0.266 e. The number of halogens is 1. The quantitative estimate of drug-likeness (QED) is 0.794. The predicted molar refractivity (Wildman–Crippen MR) is 112 cm³/mol. The number of nitrogens with zero attached hydrogens (tertiary/aromatic N) is 2. The van der Waals surface area contributed by atoms with Crippen molar-refractivity contribution in [2.75, 3.05) is 13.1 Å². The number of rotatable bonds is 6. The van der Waals surface area contributed by atoms with Gasteiger partial charge in [-0.05, 0) is 48.4 Å². The van der Waals surface area contributed by atoms with Gasteiger partial charge in [0.1, 0.15) is 5.82 Å². The molecule has 1 fully saturated rings. The van der Waals surface area contributed by atoms with Crippen LogP contribution in [-0.2, 0) is 22.5 Å². The van der Waals surface area contributed by atoms with Gasteiger partial charge in [-0.3, -0.25) is 4.79 Å². The Balaban J connectivity index is 1.24. The molecule has 1 saturated heterocycles. The SMILES string of the molecule is O=C(C1CC(Cc2cccc(F)c2)=NO1)N1CCC(C(O)Cc2ccccc2)CC1. The highest BCUT2D eigenvalue weighted by Gasteiger charge is 2.35. The number of carbonyl (C=O) groups is 1. The fraction of sp³-hybridized carbons (Fsp3) is 0.417. The first-order chi connectivity index (χ1) is 14.6. The van der Waals surface area contributed by atoms with Gasteiger partial charge >= 0.3 is 0 Å². The van der Waals surface area contributed by atoms with Crippen LogP contribution in [0.1, 0.15) is 30.4 Å². The summed E-state index contributed by atoms with van der Waals surface area (Å²) in [5.74, 6) is -0.139. The van der Waals surface area contributed by atoms with E-state index in [1.165, 1.54) is 12.1 Å². The Bertz CT molecular complexity index is 894. The van der Waals surface area contributed by atoms with Gasteiger partial charge in [-0.15, -0.1) is 0 Å². The van der Waals surface area contributed by atoms with Crippen LogP contribution in [0, 0.1) is 11.7 Å². The first-order valence-corrected chi connectivity index (χ1v) is 10.6. The maximum absolute atomic E-state index is 13.3. The second kappa shape index (κ2) is 9.39. The van der Waals surface area contributed by atoms with Crippen LogP contribution in [0.3, 0.4) is 0 Å². The van der Waals surface area contributed by atoms with E-state index in [9.17, 15) is 14.3 Å². The number of piperidine rings is 1. The van der Waals surface area contributed by atoms with Gasteiger partial charge < -0.3 is 14.8 Å². The zero-order chi connectivity index (χ0) is 20.9. The summed E-state index contributed by atoms with van der Waals surface area (Å²) in [4.78, 5) is 20.0. The molecule has 6 heteroatoms. The second-order valence-corrected chi connectivity index (χ2v) is 8.18. The molecule has 0 aliphatic carbocycles. The molecule has 2 aromatic carbocycles. The van der Waals surface area contributed by atoms with E-state index in [4.69, 9.17) is 4.84 Å². The highest BCUT2D eigenvalue weighted by molar-refractivity contribution is 5.94. The molecule has 30 heavy (non-hydrogen) atoms. The first kappa shape index (κ1) is 20.5. The minimum Gasteiger partial charge on any atom is -0.392 e. The largest absolute Gasteiger partial charge is 0.392 e. The Morgan fingerprint density at radius 3 is 2.60 bits per heavy atom. The smallest absolute Gasteiger partial charge is 0.266 e. The molecule has 2 unspecified atom stereocenters. The molecule has 1 N–H and O–H groups in total. The number of hydrogen-bond acceptors (Lipinski definition) is 4. The molecule has 2 atom stereocenters. The number of amides is 1. The Kier molecular flexibility index (Phi) is 6.43. The van der Waals surface area contributed by atoms with E-state index in [0.29, 0.717) is 32.4 Å². The number of aliphatic hydroxyl groups is 1. The topological polar surface area (TPSA) is 62.1 Å². The number of hydrogen-bond donors (Lipinski definition) is 1. The third-order valence-electron chi connectivity index (χ3n) is 5.99. The molecule has 2 heterocycles. The van der Waals surface area contributed by atoms with Crippen molar-refractivity contribution in [2.45, 2.75) is 44.3 Å². The summed E-state index contributed by atoms with van der Waals surface area (Å²) in [5, 5.41) is 14.6. The number of benzene rings is 2. The summed E-state index contributed by atoms with van der Waals surface area (Å²) in [6.07, 6.45) is 2.13. The second-order valence-electron chi connectivity index (χ2n) is 8.18. The van der Waals surface area contributed by atoms with Gasteiger partial charge in [-0.25, -0.2) is 4.39 Å². The Labute approximate surface area is 176 Å². The van der Waals surface area contributed by atoms with Crippen LogP contribution in [-0.4, -0.2) is 46.9 Å². The van der Waals surface area contributed by atoms with Gasteiger partial charge in [0.25, 0.3) is 5.91 Å². The van der Waals surface area contributed by atoms with E-state index in [0.717, 1.165) is 29.7 Å². The zero-order valence-electron chi connectivity index (χ0n) is 16.9. The van der Waals surface area contributed by atoms with Crippen molar-refractivity contribution in [2.24, 2.45) is 11.1 Å². The Morgan fingerprint density at radius 1 is 1.13 bits per heavy atom. The zero-order valence-corrected chi connectivity index (χ0v) is 16.9. The van der Waals surface area contributed by atoms with E-state index < -0.39 is 12.2 Å². The molecule has 2 aliphatic heterocycles. The molecular weight excluding hydrogens is 383 g/mol. The van der Waals surface area contributed by atoms with Crippen molar-refractivity contribution in [1.82, 2.24) is 4.90 Å². The highest BCUT2D eigenvalue weighted by atomic mass is 19.1. The number of likely N-dealkylation sites (tertiary alicyclic amines) is 1. The Morgan fingerprint density at radius 2 is 1.87 bits per heavy atom. The molecule has 0 spiro atoms. The van der Waals surface area contributed by atoms with Crippen LogP contribution in [0.25, 0.3) is 0 Å². The monoisotopic (exact) mass is 410 g/mol. The summed E-state index contributed by atoms with van der Waals surface area (Å²) in [6, 6.07) is 16.4. The van der Waals surface area contributed by atoms with Gasteiger partial charge in [-0.1, -0.05) is 47.6 Å². The van der Waals surface area contributed by atoms with Crippen LogP contribution in [0.4, 0.5) is 4.39 Å². The van der Waals surface area contributed by atoms with Gasteiger partial charge in [0.2, 0.25) is 6.10 Å². The summed E-state index contributed by atoms with van der Waals surface area (Å²) >= 11 is 0. The average Bonchev–Trinajstić information content (AvgIpc) is 3.22. The molecule has 2 aromatic rings. The van der Waals surface area contributed by atoms with Crippen molar-refractivity contribution >= 4 is 11.6 Å². The van der Waals surface area contributed by atoms with Crippen molar-refractivity contribution in [3.63, 3.8) is 0 Å². The lowest BCUT2D eigenvalue weighted by atomic mass is 9.87. The minimum absolute atomic E-state index is 0.0519. The van der Waals surface area contributed by atoms with Crippen molar-refractivity contribution < 1.29 is 19.1 Å². The minimum atomic E-state index is -0.598. The Hall–Kier alpha value is -2.73. The molecule has 0 aromatic heterocycles. The molecule has 0 bridgehead atoms. The summed E-state index contributed by atoms with van der Waals surface area (Å²) < 4.78 is 13.3. The third-order valence-corrected chi connectivity index (χ3v) is 5.99. The number of carbonyl (C=O) groups excluding carboxylic acids is 1. The van der Waals surface area contributed by atoms with Crippen molar-refractivity contribution in [3.8, 4) is 0 Å². The van der Waals surface area contributed by atoms with Crippen LogP contribution < -0.4 is 0 Å². The lowest BCUT2D eigenvalue weighted by Crippen LogP contribution is -2.45. The lowest BCUT2D eigenvalue weighted by Gasteiger charge is -2.35. The highest BCUT2D eigenvalue weighted by Crippen LogP contribution is 2.25. The van der Waals surface area contributed by atoms with Crippen LogP contribution in [0.15, 0.2) is 59.8 Å². The van der Waals surface area contributed by atoms with Crippen LogP contribution in [0.5, 0.6) is 0 Å². The van der Waals surface area contributed by atoms with Gasteiger partial charge in [0, 0.05) is 25.9 Å². The van der Waals surface area contributed by atoms with E-state index in [-0.39, 0.29) is 17.6 Å². The van der Waals surface area contributed by atoms with Crippen molar-refractivity contribution in [1.29, 1.82) is 0 Å². The van der Waals surface area contributed by atoms with Gasteiger partial charge in [0.05, 0.1) is 11.8 Å². The number of oxime groups is 1. The molecule has 4 rings (SSSR count). The molecule has 1 amide bonds.